The summed E-state index contributed by atoms with van der Waals surface area (Å²) >= 11 is 0. The number of hydrogen-bond donors (Lipinski definition) is 1. The Morgan fingerprint density at radius 1 is 1.39 bits per heavy atom. The Hall–Kier alpha value is -0.120. The maximum Gasteiger partial charge on any atom is 0.0590 e. The van der Waals surface area contributed by atoms with Crippen LogP contribution < -0.4 is 5.73 Å². The molecule has 2 N–H and O–H groups in total. The Labute approximate surface area is 113 Å². The fourth-order valence-electron chi connectivity index (χ4n) is 3.03. The predicted octanol–water partition coefficient (Wildman–Crippen LogP) is 2.64. The van der Waals surface area contributed by atoms with Crippen LogP contribution in [0.3, 0.4) is 0 Å². The number of hydrogen-bond acceptors (Lipinski definition) is 3. The van der Waals surface area contributed by atoms with E-state index in [0.717, 1.165) is 44.9 Å². The molecule has 0 bridgehead atoms. The molecule has 18 heavy (non-hydrogen) atoms. The molecular formula is C15H32N2O. The first-order valence-electron chi connectivity index (χ1n) is 7.68. The van der Waals surface area contributed by atoms with E-state index in [4.69, 9.17) is 10.5 Å². The third-order valence-electron chi connectivity index (χ3n) is 4.65. The highest BCUT2D eigenvalue weighted by Crippen LogP contribution is 2.32. The maximum atomic E-state index is 6.15. The van der Waals surface area contributed by atoms with Crippen molar-refractivity contribution in [3.63, 3.8) is 0 Å². The Morgan fingerprint density at radius 3 is 2.61 bits per heavy atom. The highest BCUT2D eigenvalue weighted by Gasteiger charge is 2.39. The highest BCUT2D eigenvalue weighted by atomic mass is 16.5. The zero-order valence-corrected chi connectivity index (χ0v) is 12.7. The summed E-state index contributed by atoms with van der Waals surface area (Å²) < 4.78 is 5.83. The van der Waals surface area contributed by atoms with E-state index >= 15 is 0 Å². The first kappa shape index (κ1) is 15.9. The lowest BCUT2D eigenvalue weighted by Gasteiger charge is -2.48. The van der Waals surface area contributed by atoms with Crippen LogP contribution in [0.5, 0.6) is 0 Å². The van der Waals surface area contributed by atoms with Crippen molar-refractivity contribution in [2.75, 3.05) is 26.2 Å². The molecule has 1 rings (SSSR count). The van der Waals surface area contributed by atoms with Crippen LogP contribution in [0.4, 0.5) is 0 Å². The molecule has 0 aromatic heterocycles. The van der Waals surface area contributed by atoms with Gasteiger partial charge in [-0.25, -0.2) is 0 Å². The lowest BCUT2D eigenvalue weighted by molar-refractivity contribution is -0.0739. The molecule has 0 aromatic carbocycles. The fourth-order valence-corrected chi connectivity index (χ4v) is 3.03. The molecule has 3 nitrogen and oxygen atoms in total. The minimum absolute atomic E-state index is 0.178. The molecule has 1 aliphatic heterocycles. The molecule has 1 saturated heterocycles. The van der Waals surface area contributed by atoms with Crippen LogP contribution in [0.2, 0.25) is 0 Å². The van der Waals surface area contributed by atoms with Crippen molar-refractivity contribution in [2.24, 2.45) is 11.7 Å². The second kappa shape index (κ2) is 7.46. The van der Waals surface area contributed by atoms with Gasteiger partial charge in [0.25, 0.3) is 0 Å². The zero-order chi connectivity index (χ0) is 13.6. The summed E-state index contributed by atoms with van der Waals surface area (Å²) in [5, 5.41) is 0. The molecule has 1 heterocycles. The van der Waals surface area contributed by atoms with Crippen LogP contribution in [0.25, 0.3) is 0 Å². The van der Waals surface area contributed by atoms with Crippen molar-refractivity contribution in [3.05, 3.63) is 0 Å². The molecule has 0 radical (unpaired) electrons. The van der Waals surface area contributed by atoms with Gasteiger partial charge in [0.2, 0.25) is 0 Å². The fraction of sp³-hybridized carbons (Fsp3) is 1.00. The van der Waals surface area contributed by atoms with E-state index in [1.165, 1.54) is 13.0 Å². The van der Waals surface area contributed by atoms with Crippen LogP contribution in [0, 0.1) is 5.92 Å². The van der Waals surface area contributed by atoms with E-state index in [1.807, 2.05) is 0 Å². The lowest BCUT2D eigenvalue weighted by atomic mass is 9.83. The topological polar surface area (TPSA) is 38.5 Å². The number of rotatable bonds is 7. The molecule has 0 aliphatic carbocycles. The van der Waals surface area contributed by atoms with E-state index in [0.29, 0.717) is 6.10 Å². The largest absolute Gasteiger partial charge is 0.378 e. The SMILES string of the molecule is CCC(C)CN(CC)C1(CN)CCOC(CC)C1. The normalized spacial score (nSPS) is 30.7. The van der Waals surface area contributed by atoms with Crippen LogP contribution >= 0.6 is 0 Å². The third-order valence-corrected chi connectivity index (χ3v) is 4.65. The molecule has 0 saturated carbocycles. The summed E-state index contributed by atoms with van der Waals surface area (Å²) in [4.78, 5) is 2.62. The summed E-state index contributed by atoms with van der Waals surface area (Å²) in [6.45, 7) is 13.0. The first-order chi connectivity index (χ1) is 8.61. The second-order valence-corrected chi connectivity index (χ2v) is 5.84. The second-order valence-electron chi connectivity index (χ2n) is 5.84. The molecular weight excluding hydrogens is 224 g/mol. The van der Waals surface area contributed by atoms with Crippen molar-refractivity contribution < 1.29 is 4.74 Å². The Kier molecular flexibility index (Phi) is 6.61. The van der Waals surface area contributed by atoms with Gasteiger partial charge in [-0.2, -0.15) is 0 Å². The van der Waals surface area contributed by atoms with Gasteiger partial charge in [-0.05, 0) is 31.7 Å². The van der Waals surface area contributed by atoms with Crippen LogP contribution in [0.1, 0.15) is 53.4 Å². The van der Waals surface area contributed by atoms with Gasteiger partial charge in [-0.15, -0.1) is 0 Å². The van der Waals surface area contributed by atoms with E-state index in [1.54, 1.807) is 0 Å². The molecule has 3 heteroatoms. The minimum atomic E-state index is 0.178. The quantitative estimate of drug-likeness (QED) is 0.761. The lowest BCUT2D eigenvalue weighted by Crippen LogP contribution is -2.59. The molecule has 1 aliphatic rings. The van der Waals surface area contributed by atoms with Gasteiger partial charge >= 0.3 is 0 Å². The minimum Gasteiger partial charge on any atom is -0.378 e. The molecule has 108 valence electrons. The first-order valence-corrected chi connectivity index (χ1v) is 7.68. The van der Waals surface area contributed by atoms with Gasteiger partial charge in [0.1, 0.15) is 0 Å². The van der Waals surface area contributed by atoms with Gasteiger partial charge in [-0.3, -0.25) is 4.90 Å². The maximum absolute atomic E-state index is 6.15. The number of ether oxygens (including phenoxy) is 1. The van der Waals surface area contributed by atoms with E-state index in [-0.39, 0.29) is 5.54 Å². The Bertz CT molecular complexity index is 235. The van der Waals surface area contributed by atoms with Gasteiger partial charge in [-0.1, -0.05) is 34.1 Å². The third kappa shape index (κ3) is 3.69. The predicted molar refractivity (Wildman–Crippen MR) is 77.8 cm³/mol. The van der Waals surface area contributed by atoms with Crippen molar-refractivity contribution in [2.45, 2.75) is 65.0 Å². The van der Waals surface area contributed by atoms with Crippen LogP contribution in [-0.2, 0) is 4.74 Å². The van der Waals surface area contributed by atoms with Gasteiger partial charge in [0, 0.05) is 25.2 Å². The number of nitrogens with zero attached hydrogens (tertiary/aromatic N) is 1. The highest BCUT2D eigenvalue weighted by molar-refractivity contribution is 4.96. The average Bonchev–Trinajstić information content (AvgIpc) is 2.44. The van der Waals surface area contributed by atoms with Crippen LogP contribution in [-0.4, -0.2) is 42.8 Å². The molecule has 0 amide bonds. The Balaban J connectivity index is 2.76. The standard InChI is InChI=1S/C15H32N2O/c1-5-13(4)11-17(7-3)15(12-16)8-9-18-14(6-2)10-15/h13-14H,5-12,16H2,1-4H3. The molecule has 1 fully saturated rings. The summed E-state index contributed by atoms with van der Waals surface area (Å²) in [7, 11) is 0. The number of nitrogens with two attached hydrogens (primary N) is 1. The van der Waals surface area contributed by atoms with Crippen molar-refractivity contribution >= 4 is 0 Å². The summed E-state index contributed by atoms with van der Waals surface area (Å²) in [6, 6.07) is 0. The Morgan fingerprint density at radius 2 is 2.11 bits per heavy atom. The van der Waals surface area contributed by atoms with Crippen molar-refractivity contribution in [1.82, 2.24) is 4.90 Å². The summed E-state index contributed by atoms with van der Waals surface area (Å²) in [6.07, 6.45) is 4.93. The van der Waals surface area contributed by atoms with E-state index in [9.17, 15) is 0 Å². The summed E-state index contributed by atoms with van der Waals surface area (Å²) in [5.74, 6) is 0.747. The molecule has 3 unspecified atom stereocenters. The van der Waals surface area contributed by atoms with Gasteiger partial charge in [0.15, 0.2) is 0 Å². The van der Waals surface area contributed by atoms with Crippen molar-refractivity contribution in [1.29, 1.82) is 0 Å². The molecule has 0 aromatic rings. The van der Waals surface area contributed by atoms with Gasteiger partial charge < -0.3 is 10.5 Å². The number of likely N-dealkylation sites (N-methyl/N-ethyl adjacent to an activating group) is 1. The average molecular weight is 256 g/mol. The monoisotopic (exact) mass is 256 g/mol. The smallest absolute Gasteiger partial charge is 0.0590 e. The zero-order valence-electron chi connectivity index (χ0n) is 12.7. The van der Waals surface area contributed by atoms with Crippen LogP contribution in [0.15, 0.2) is 0 Å². The van der Waals surface area contributed by atoms with E-state index in [2.05, 4.69) is 32.6 Å². The van der Waals surface area contributed by atoms with Gasteiger partial charge in [0.05, 0.1) is 6.10 Å². The van der Waals surface area contributed by atoms with E-state index < -0.39 is 0 Å². The summed E-state index contributed by atoms with van der Waals surface area (Å²) in [5.41, 5.74) is 6.33. The van der Waals surface area contributed by atoms with Crippen molar-refractivity contribution in [3.8, 4) is 0 Å². The molecule has 3 atom stereocenters. The molecule has 0 spiro atoms.